The molecule has 1 fully saturated rings. The Morgan fingerprint density at radius 2 is 1.77 bits per heavy atom. The molecule has 166 valence electrons. The second kappa shape index (κ2) is 9.49. The summed E-state index contributed by atoms with van der Waals surface area (Å²) in [4.78, 5) is 27.4. The molecule has 1 saturated heterocycles. The predicted octanol–water partition coefficient (Wildman–Crippen LogP) is 2.18. The molecule has 9 heteroatoms. The van der Waals surface area contributed by atoms with Gasteiger partial charge in [-0.15, -0.1) is 0 Å². The fourth-order valence-corrected chi connectivity index (χ4v) is 4.42. The van der Waals surface area contributed by atoms with E-state index in [1.165, 1.54) is 0 Å². The first-order valence-corrected chi connectivity index (χ1v) is 11.8. The highest BCUT2D eigenvalue weighted by molar-refractivity contribution is 7.92. The van der Waals surface area contributed by atoms with Gasteiger partial charge in [0.2, 0.25) is 15.9 Å². The standard InChI is InChI=1S/C22H27N3O5S/c1-16-8-9-20(17(2)14-16)25(31(3,28)29)15-21(26)23-19-7-5-4-6-18(19)22(27)24-10-12-30-13-11-24/h4-9,14H,10-13,15H2,1-3H3,(H,23,26). The van der Waals surface area contributed by atoms with E-state index in [0.717, 1.165) is 21.7 Å². The van der Waals surface area contributed by atoms with E-state index < -0.39 is 22.5 Å². The third kappa shape index (κ3) is 5.62. The summed E-state index contributed by atoms with van der Waals surface area (Å²) in [6, 6.07) is 12.1. The van der Waals surface area contributed by atoms with Gasteiger partial charge in [0.15, 0.2) is 0 Å². The molecule has 1 N–H and O–H groups in total. The summed E-state index contributed by atoms with van der Waals surface area (Å²) in [5, 5.41) is 2.71. The summed E-state index contributed by atoms with van der Waals surface area (Å²) < 4.78 is 31.2. The molecule has 2 aromatic rings. The lowest BCUT2D eigenvalue weighted by Gasteiger charge is -2.28. The Morgan fingerprint density at radius 1 is 1.10 bits per heavy atom. The zero-order chi connectivity index (χ0) is 22.6. The number of ether oxygens (including phenoxy) is 1. The molecule has 1 aliphatic rings. The van der Waals surface area contributed by atoms with Crippen molar-refractivity contribution in [3.8, 4) is 0 Å². The highest BCUT2D eigenvalue weighted by Gasteiger charge is 2.25. The number of para-hydroxylation sites is 1. The lowest BCUT2D eigenvalue weighted by Crippen LogP contribution is -2.41. The van der Waals surface area contributed by atoms with E-state index >= 15 is 0 Å². The van der Waals surface area contributed by atoms with Gasteiger partial charge in [-0.05, 0) is 37.6 Å². The molecule has 2 amide bonds. The average molecular weight is 446 g/mol. The number of carbonyl (C=O) groups is 2. The molecule has 0 radical (unpaired) electrons. The van der Waals surface area contributed by atoms with E-state index in [4.69, 9.17) is 4.74 Å². The first-order chi connectivity index (χ1) is 14.7. The average Bonchev–Trinajstić information content (AvgIpc) is 2.72. The maximum atomic E-state index is 12.9. The van der Waals surface area contributed by atoms with Crippen LogP contribution in [0.4, 0.5) is 11.4 Å². The van der Waals surface area contributed by atoms with Crippen LogP contribution in [-0.2, 0) is 19.6 Å². The van der Waals surface area contributed by atoms with Gasteiger partial charge >= 0.3 is 0 Å². The fourth-order valence-electron chi connectivity index (χ4n) is 3.50. The van der Waals surface area contributed by atoms with E-state index in [2.05, 4.69) is 5.32 Å². The number of benzene rings is 2. The third-order valence-corrected chi connectivity index (χ3v) is 6.16. The summed E-state index contributed by atoms with van der Waals surface area (Å²) in [6.45, 7) is 5.22. The van der Waals surface area contributed by atoms with Crippen LogP contribution in [0.3, 0.4) is 0 Å². The van der Waals surface area contributed by atoms with Crippen LogP contribution in [0, 0.1) is 13.8 Å². The van der Waals surface area contributed by atoms with Crippen LogP contribution in [0.25, 0.3) is 0 Å². The van der Waals surface area contributed by atoms with Gasteiger partial charge in [-0.3, -0.25) is 13.9 Å². The number of hydrogen-bond donors (Lipinski definition) is 1. The minimum absolute atomic E-state index is 0.200. The van der Waals surface area contributed by atoms with Crippen molar-refractivity contribution in [3.63, 3.8) is 0 Å². The first kappa shape index (κ1) is 22.8. The van der Waals surface area contributed by atoms with Crippen LogP contribution in [0.5, 0.6) is 0 Å². The lowest BCUT2D eigenvalue weighted by molar-refractivity contribution is -0.114. The molecule has 2 aromatic carbocycles. The maximum absolute atomic E-state index is 12.9. The van der Waals surface area contributed by atoms with Crippen LogP contribution >= 0.6 is 0 Å². The number of sulfonamides is 1. The molecule has 0 aliphatic carbocycles. The normalized spacial score (nSPS) is 14.2. The van der Waals surface area contributed by atoms with Crippen molar-refractivity contribution in [2.45, 2.75) is 13.8 Å². The Labute approximate surface area is 182 Å². The van der Waals surface area contributed by atoms with Crippen molar-refractivity contribution < 1.29 is 22.7 Å². The molecule has 0 aromatic heterocycles. The largest absolute Gasteiger partial charge is 0.378 e. The van der Waals surface area contributed by atoms with Gasteiger partial charge in [0.05, 0.1) is 36.4 Å². The molecule has 0 bridgehead atoms. The second-order valence-corrected chi connectivity index (χ2v) is 9.46. The van der Waals surface area contributed by atoms with Gasteiger partial charge in [0.1, 0.15) is 6.54 Å². The van der Waals surface area contributed by atoms with Crippen molar-refractivity contribution >= 4 is 33.2 Å². The molecule has 1 aliphatic heterocycles. The maximum Gasteiger partial charge on any atom is 0.256 e. The molecular formula is C22H27N3O5S. The summed E-state index contributed by atoms with van der Waals surface area (Å²) in [6.07, 6.45) is 1.06. The van der Waals surface area contributed by atoms with Gasteiger partial charge in [-0.2, -0.15) is 0 Å². The van der Waals surface area contributed by atoms with Crippen LogP contribution in [0.2, 0.25) is 0 Å². The Morgan fingerprint density at radius 3 is 2.42 bits per heavy atom. The van der Waals surface area contributed by atoms with Gasteiger partial charge in [0, 0.05) is 13.1 Å². The first-order valence-electron chi connectivity index (χ1n) is 9.97. The Hall–Kier alpha value is -2.91. The molecule has 1 heterocycles. The topological polar surface area (TPSA) is 96.0 Å². The number of hydrogen-bond acceptors (Lipinski definition) is 5. The van der Waals surface area contributed by atoms with E-state index in [0.29, 0.717) is 43.2 Å². The number of nitrogens with one attached hydrogen (secondary N) is 1. The van der Waals surface area contributed by atoms with E-state index in [9.17, 15) is 18.0 Å². The molecule has 31 heavy (non-hydrogen) atoms. The van der Waals surface area contributed by atoms with Crippen molar-refractivity contribution in [1.82, 2.24) is 4.90 Å². The van der Waals surface area contributed by atoms with Crippen molar-refractivity contribution in [1.29, 1.82) is 0 Å². The van der Waals surface area contributed by atoms with E-state index in [1.807, 2.05) is 13.0 Å². The summed E-state index contributed by atoms with van der Waals surface area (Å²) in [5.74, 6) is -0.735. The Bertz CT molecular complexity index is 1080. The van der Waals surface area contributed by atoms with Gasteiger partial charge in [-0.25, -0.2) is 8.42 Å². The number of rotatable bonds is 6. The number of morpholine rings is 1. The number of amides is 2. The predicted molar refractivity (Wildman–Crippen MR) is 120 cm³/mol. The molecule has 3 rings (SSSR count). The number of nitrogens with zero attached hydrogens (tertiary/aromatic N) is 2. The zero-order valence-corrected chi connectivity index (χ0v) is 18.7. The number of anilines is 2. The molecule has 8 nitrogen and oxygen atoms in total. The molecule has 0 saturated carbocycles. The van der Waals surface area contributed by atoms with Crippen LogP contribution < -0.4 is 9.62 Å². The summed E-state index contributed by atoms with van der Waals surface area (Å²) in [7, 11) is -3.70. The van der Waals surface area contributed by atoms with Gasteiger partial charge in [-0.1, -0.05) is 29.8 Å². The summed E-state index contributed by atoms with van der Waals surface area (Å²) in [5.41, 5.74) is 2.89. The van der Waals surface area contributed by atoms with Crippen LogP contribution in [0.1, 0.15) is 21.5 Å². The quantitative estimate of drug-likeness (QED) is 0.735. The molecule has 0 unspecified atom stereocenters. The monoisotopic (exact) mass is 445 g/mol. The highest BCUT2D eigenvalue weighted by Crippen LogP contribution is 2.24. The second-order valence-electron chi connectivity index (χ2n) is 7.56. The minimum atomic E-state index is -3.70. The van der Waals surface area contributed by atoms with Gasteiger partial charge < -0.3 is 15.0 Å². The number of aryl methyl sites for hydroxylation is 2. The van der Waals surface area contributed by atoms with E-state index in [1.54, 1.807) is 48.2 Å². The zero-order valence-electron chi connectivity index (χ0n) is 17.9. The number of carbonyl (C=O) groups excluding carboxylic acids is 2. The van der Waals surface area contributed by atoms with Crippen molar-refractivity contribution in [2.75, 3.05) is 48.7 Å². The van der Waals surface area contributed by atoms with Crippen molar-refractivity contribution in [3.05, 3.63) is 59.2 Å². The van der Waals surface area contributed by atoms with Gasteiger partial charge in [0.25, 0.3) is 5.91 Å². The SMILES string of the molecule is Cc1ccc(N(CC(=O)Nc2ccccc2C(=O)N2CCOCC2)S(C)(=O)=O)c(C)c1. The van der Waals surface area contributed by atoms with Crippen LogP contribution in [-0.4, -0.2) is 64.2 Å². The fraction of sp³-hybridized carbons (Fsp3) is 0.364. The lowest BCUT2D eigenvalue weighted by atomic mass is 10.1. The third-order valence-electron chi connectivity index (χ3n) is 5.04. The molecule has 0 atom stereocenters. The smallest absolute Gasteiger partial charge is 0.256 e. The Balaban J connectivity index is 1.81. The van der Waals surface area contributed by atoms with Crippen LogP contribution in [0.15, 0.2) is 42.5 Å². The Kier molecular flexibility index (Phi) is 6.97. The molecular weight excluding hydrogens is 418 g/mol. The molecule has 0 spiro atoms. The van der Waals surface area contributed by atoms with E-state index in [-0.39, 0.29) is 5.91 Å². The minimum Gasteiger partial charge on any atom is -0.378 e. The summed E-state index contributed by atoms with van der Waals surface area (Å²) >= 11 is 0. The highest BCUT2D eigenvalue weighted by atomic mass is 32.2. The van der Waals surface area contributed by atoms with Crippen molar-refractivity contribution in [2.24, 2.45) is 0 Å².